The smallest absolute Gasteiger partial charge is 0.410 e. The molecule has 0 aliphatic carbocycles. The number of anilines is 1. The van der Waals surface area contributed by atoms with Gasteiger partial charge in [-0.2, -0.15) is 0 Å². The summed E-state index contributed by atoms with van der Waals surface area (Å²) in [5, 5.41) is 3.14. The molecule has 0 saturated carbocycles. The van der Waals surface area contributed by atoms with E-state index in [0.717, 1.165) is 37.2 Å². The van der Waals surface area contributed by atoms with Crippen molar-refractivity contribution < 1.29 is 14.3 Å². The van der Waals surface area contributed by atoms with Gasteiger partial charge in [0, 0.05) is 25.8 Å². The Balaban J connectivity index is 1.91. The van der Waals surface area contributed by atoms with Gasteiger partial charge in [-0.1, -0.05) is 32.0 Å². The molecule has 1 aromatic carbocycles. The second-order valence-corrected chi connectivity index (χ2v) is 9.85. The summed E-state index contributed by atoms with van der Waals surface area (Å²) >= 11 is 0. The number of hydrogen-bond donors (Lipinski definition) is 1. The first-order chi connectivity index (χ1) is 14.0. The molecule has 0 aromatic heterocycles. The van der Waals surface area contributed by atoms with Gasteiger partial charge in [0.15, 0.2) is 0 Å². The summed E-state index contributed by atoms with van der Waals surface area (Å²) in [6, 6.07) is 6.15. The molecule has 1 aliphatic rings. The highest BCUT2D eigenvalue weighted by Gasteiger charge is 2.26. The van der Waals surface area contributed by atoms with Gasteiger partial charge in [-0.15, -0.1) is 0 Å². The fourth-order valence-corrected chi connectivity index (χ4v) is 3.97. The largest absolute Gasteiger partial charge is 0.444 e. The van der Waals surface area contributed by atoms with Crippen LogP contribution in [0.3, 0.4) is 0 Å². The number of ether oxygens (including phenoxy) is 1. The maximum atomic E-state index is 12.8. The number of carbonyl (C=O) groups excluding carboxylic acids is 2. The lowest BCUT2D eigenvalue weighted by molar-refractivity contribution is -0.117. The minimum atomic E-state index is -0.494. The molecule has 1 N–H and O–H groups in total. The van der Waals surface area contributed by atoms with Crippen molar-refractivity contribution in [2.45, 2.75) is 65.9 Å². The molecule has 1 fully saturated rings. The zero-order valence-electron chi connectivity index (χ0n) is 19.7. The lowest BCUT2D eigenvalue weighted by Gasteiger charge is -2.34. The molecule has 30 heavy (non-hydrogen) atoms. The van der Waals surface area contributed by atoms with Gasteiger partial charge in [0.1, 0.15) is 5.60 Å². The number of nitrogens with one attached hydrogen (secondary N) is 1. The summed E-state index contributed by atoms with van der Waals surface area (Å²) in [5.41, 5.74) is 2.70. The number of likely N-dealkylation sites (tertiary alicyclic amines) is 1. The molecule has 0 radical (unpaired) electrons. The lowest BCUT2D eigenvalue weighted by atomic mass is 9.97. The molecule has 1 heterocycles. The Bertz CT molecular complexity index is 740. The standard InChI is InChI=1S/C24H39N3O3/c1-17(2)20-12-8-10-18(3)22(20)25-21(28)16-27-13-9-11-19(15-27)14-26(7)23(29)30-24(4,5)6/h8,10,12,17,19H,9,11,13-16H2,1-7H3,(H,25,28). The highest BCUT2D eigenvalue weighted by atomic mass is 16.6. The molecule has 6 heteroatoms. The summed E-state index contributed by atoms with van der Waals surface area (Å²) in [4.78, 5) is 28.9. The molecule has 168 valence electrons. The number of amides is 2. The third-order valence-electron chi connectivity index (χ3n) is 5.40. The van der Waals surface area contributed by atoms with Crippen LogP contribution in [-0.2, 0) is 9.53 Å². The van der Waals surface area contributed by atoms with Crippen LogP contribution in [0.2, 0.25) is 0 Å². The minimum Gasteiger partial charge on any atom is -0.444 e. The summed E-state index contributed by atoms with van der Waals surface area (Å²) < 4.78 is 5.45. The Kier molecular flexibility index (Phi) is 8.30. The van der Waals surface area contributed by atoms with E-state index in [1.54, 1.807) is 11.9 Å². The van der Waals surface area contributed by atoms with E-state index in [1.807, 2.05) is 39.8 Å². The first kappa shape index (κ1) is 24.2. The lowest BCUT2D eigenvalue weighted by Crippen LogP contribution is -2.45. The van der Waals surface area contributed by atoms with Crippen LogP contribution >= 0.6 is 0 Å². The summed E-state index contributed by atoms with van der Waals surface area (Å²) in [6.45, 7) is 14.7. The van der Waals surface area contributed by atoms with Gasteiger partial charge in [0.05, 0.1) is 6.54 Å². The van der Waals surface area contributed by atoms with Crippen LogP contribution in [0.4, 0.5) is 10.5 Å². The van der Waals surface area contributed by atoms with Crippen molar-refractivity contribution in [2.24, 2.45) is 5.92 Å². The van der Waals surface area contributed by atoms with Crippen molar-refractivity contribution in [1.29, 1.82) is 0 Å². The molecule has 1 unspecified atom stereocenters. The summed E-state index contributed by atoms with van der Waals surface area (Å²) in [6.07, 6.45) is 1.79. The van der Waals surface area contributed by atoms with Crippen LogP contribution in [0.15, 0.2) is 18.2 Å². The molecular weight excluding hydrogens is 378 g/mol. The van der Waals surface area contributed by atoms with Crippen LogP contribution in [0.5, 0.6) is 0 Å². The Morgan fingerprint density at radius 3 is 2.63 bits per heavy atom. The van der Waals surface area contributed by atoms with Gasteiger partial charge in [0.2, 0.25) is 5.91 Å². The number of nitrogens with zero attached hydrogens (tertiary/aromatic N) is 2. The molecule has 0 spiro atoms. The third-order valence-corrected chi connectivity index (χ3v) is 5.40. The number of rotatable bonds is 6. The molecule has 2 rings (SSSR count). The second-order valence-electron chi connectivity index (χ2n) is 9.85. The van der Waals surface area contributed by atoms with Crippen molar-refractivity contribution >= 4 is 17.7 Å². The molecule has 1 aromatic rings. The third kappa shape index (κ3) is 7.31. The molecular formula is C24H39N3O3. The summed E-state index contributed by atoms with van der Waals surface area (Å²) in [5.74, 6) is 0.712. The van der Waals surface area contributed by atoms with Gasteiger partial charge in [-0.3, -0.25) is 9.69 Å². The number of piperidine rings is 1. The first-order valence-corrected chi connectivity index (χ1v) is 11.0. The van der Waals surface area contributed by atoms with Crippen LogP contribution in [0.25, 0.3) is 0 Å². The second kappa shape index (κ2) is 10.3. The van der Waals surface area contributed by atoms with E-state index in [-0.39, 0.29) is 12.0 Å². The highest BCUT2D eigenvalue weighted by molar-refractivity contribution is 5.94. The molecule has 1 aliphatic heterocycles. The van der Waals surface area contributed by atoms with Crippen molar-refractivity contribution in [2.75, 3.05) is 38.5 Å². The number of benzene rings is 1. The average molecular weight is 418 g/mol. The molecule has 6 nitrogen and oxygen atoms in total. The quantitative estimate of drug-likeness (QED) is 0.733. The highest BCUT2D eigenvalue weighted by Crippen LogP contribution is 2.27. The zero-order chi connectivity index (χ0) is 22.5. The van der Waals surface area contributed by atoms with E-state index in [2.05, 4.69) is 30.1 Å². The van der Waals surface area contributed by atoms with E-state index in [0.29, 0.717) is 24.9 Å². The monoisotopic (exact) mass is 417 g/mol. The maximum Gasteiger partial charge on any atom is 0.410 e. The SMILES string of the molecule is Cc1cccc(C(C)C)c1NC(=O)CN1CCCC(CN(C)C(=O)OC(C)(C)C)C1. The van der Waals surface area contributed by atoms with Crippen LogP contribution in [-0.4, -0.2) is 60.6 Å². The van der Waals surface area contributed by atoms with E-state index in [1.165, 1.54) is 5.56 Å². The molecule has 2 amide bonds. The fraction of sp³-hybridized carbons (Fsp3) is 0.667. The van der Waals surface area contributed by atoms with Gasteiger partial charge >= 0.3 is 6.09 Å². The average Bonchev–Trinajstić information content (AvgIpc) is 2.62. The van der Waals surface area contributed by atoms with Gasteiger partial charge in [-0.05, 0) is 70.0 Å². The molecule has 1 saturated heterocycles. The fourth-order valence-electron chi connectivity index (χ4n) is 3.97. The van der Waals surface area contributed by atoms with Crippen molar-refractivity contribution in [3.8, 4) is 0 Å². The number of para-hydroxylation sites is 1. The van der Waals surface area contributed by atoms with E-state index in [4.69, 9.17) is 4.74 Å². The van der Waals surface area contributed by atoms with Crippen LogP contribution in [0, 0.1) is 12.8 Å². The molecule has 0 bridgehead atoms. The molecule has 1 atom stereocenters. The Labute approximate surface area is 182 Å². The predicted octanol–water partition coefficient (Wildman–Crippen LogP) is 4.64. The number of aryl methyl sites for hydroxylation is 1. The maximum absolute atomic E-state index is 12.8. The summed E-state index contributed by atoms with van der Waals surface area (Å²) in [7, 11) is 1.78. The van der Waals surface area contributed by atoms with Gasteiger partial charge in [-0.25, -0.2) is 4.79 Å². The van der Waals surface area contributed by atoms with E-state index in [9.17, 15) is 9.59 Å². The van der Waals surface area contributed by atoms with Gasteiger partial charge < -0.3 is 15.0 Å². The normalized spacial score (nSPS) is 17.7. The number of hydrogen-bond acceptors (Lipinski definition) is 4. The Morgan fingerprint density at radius 1 is 1.30 bits per heavy atom. The van der Waals surface area contributed by atoms with Crippen LogP contribution < -0.4 is 5.32 Å². The van der Waals surface area contributed by atoms with E-state index < -0.39 is 5.60 Å². The topological polar surface area (TPSA) is 61.9 Å². The van der Waals surface area contributed by atoms with Crippen molar-refractivity contribution in [3.63, 3.8) is 0 Å². The van der Waals surface area contributed by atoms with E-state index >= 15 is 0 Å². The predicted molar refractivity (Wildman–Crippen MR) is 122 cm³/mol. The Morgan fingerprint density at radius 2 is 2.00 bits per heavy atom. The van der Waals surface area contributed by atoms with Crippen LogP contribution in [0.1, 0.15) is 64.5 Å². The van der Waals surface area contributed by atoms with Gasteiger partial charge in [0.25, 0.3) is 0 Å². The number of carbonyl (C=O) groups is 2. The van der Waals surface area contributed by atoms with Crippen molar-refractivity contribution in [1.82, 2.24) is 9.80 Å². The van der Waals surface area contributed by atoms with Crippen molar-refractivity contribution in [3.05, 3.63) is 29.3 Å². The Hall–Kier alpha value is -2.08. The first-order valence-electron chi connectivity index (χ1n) is 11.0. The zero-order valence-corrected chi connectivity index (χ0v) is 19.7. The minimum absolute atomic E-state index is 0.0207.